The standard InChI is InChI=1S/C16H18ClNO2/c1-10-6-14(7-11(2)16(10)17)20-9-12-4-5-13(18)8-15(12)19-3/h4-8H,9,18H2,1-3H3. The number of halogens is 1. The molecule has 0 bridgehead atoms. The van der Waals surface area contributed by atoms with Crippen molar-refractivity contribution in [3.05, 3.63) is 52.0 Å². The molecule has 0 unspecified atom stereocenters. The molecule has 0 heterocycles. The minimum Gasteiger partial charge on any atom is -0.496 e. The SMILES string of the molecule is COc1cc(N)ccc1COc1cc(C)c(Cl)c(C)c1. The quantitative estimate of drug-likeness (QED) is 0.862. The van der Waals surface area contributed by atoms with Gasteiger partial charge in [0.1, 0.15) is 18.1 Å². The molecule has 0 spiro atoms. The van der Waals surface area contributed by atoms with Crippen LogP contribution in [0.1, 0.15) is 16.7 Å². The van der Waals surface area contributed by atoms with Crippen LogP contribution in [0.5, 0.6) is 11.5 Å². The lowest BCUT2D eigenvalue weighted by molar-refractivity contribution is 0.296. The van der Waals surface area contributed by atoms with Crippen molar-refractivity contribution in [2.24, 2.45) is 0 Å². The summed E-state index contributed by atoms with van der Waals surface area (Å²) < 4.78 is 11.1. The molecule has 20 heavy (non-hydrogen) atoms. The summed E-state index contributed by atoms with van der Waals surface area (Å²) in [5, 5.41) is 0.780. The monoisotopic (exact) mass is 291 g/mol. The Balaban J connectivity index is 2.17. The molecule has 106 valence electrons. The lowest BCUT2D eigenvalue weighted by atomic mass is 10.1. The predicted molar refractivity (Wildman–Crippen MR) is 82.7 cm³/mol. The van der Waals surface area contributed by atoms with Gasteiger partial charge in [-0.25, -0.2) is 0 Å². The Hall–Kier alpha value is -1.87. The Morgan fingerprint density at radius 3 is 2.35 bits per heavy atom. The maximum absolute atomic E-state index is 6.14. The minimum absolute atomic E-state index is 0.421. The summed E-state index contributed by atoms with van der Waals surface area (Å²) >= 11 is 6.14. The molecule has 2 aromatic rings. The fourth-order valence-electron chi connectivity index (χ4n) is 2.03. The first-order valence-electron chi connectivity index (χ1n) is 6.33. The van der Waals surface area contributed by atoms with Gasteiger partial charge >= 0.3 is 0 Å². The lowest BCUT2D eigenvalue weighted by Gasteiger charge is -2.12. The van der Waals surface area contributed by atoms with Crippen LogP contribution >= 0.6 is 11.6 Å². The van der Waals surface area contributed by atoms with Crippen molar-refractivity contribution in [3.8, 4) is 11.5 Å². The third-order valence-corrected chi connectivity index (χ3v) is 3.71. The highest BCUT2D eigenvalue weighted by Gasteiger charge is 2.07. The Labute approximate surface area is 124 Å². The third kappa shape index (κ3) is 3.17. The Morgan fingerprint density at radius 1 is 1.10 bits per heavy atom. The molecule has 4 heteroatoms. The molecule has 0 aliphatic rings. The Morgan fingerprint density at radius 2 is 1.75 bits per heavy atom. The van der Waals surface area contributed by atoms with E-state index >= 15 is 0 Å². The van der Waals surface area contributed by atoms with E-state index in [0.29, 0.717) is 12.3 Å². The molecular weight excluding hydrogens is 274 g/mol. The van der Waals surface area contributed by atoms with E-state index in [0.717, 1.165) is 33.2 Å². The van der Waals surface area contributed by atoms with Gasteiger partial charge in [0, 0.05) is 22.3 Å². The van der Waals surface area contributed by atoms with Crippen LogP contribution < -0.4 is 15.2 Å². The average Bonchev–Trinajstić information content (AvgIpc) is 2.43. The molecule has 2 rings (SSSR count). The molecule has 0 saturated heterocycles. The first-order valence-corrected chi connectivity index (χ1v) is 6.71. The molecule has 0 aliphatic heterocycles. The average molecular weight is 292 g/mol. The van der Waals surface area contributed by atoms with Crippen molar-refractivity contribution in [2.45, 2.75) is 20.5 Å². The highest BCUT2D eigenvalue weighted by atomic mass is 35.5. The van der Waals surface area contributed by atoms with E-state index in [-0.39, 0.29) is 0 Å². The second-order valence-electron chi connectivity index (χ2n) is 4.73. The number of nitrogens with two attached hydrogens (primary N) is 1. The first kappa shape index (κ1) is 14.5. The van der Waals surface area contributed by atoms with Crippen molar-refractivity contribution in [2.75, 3.05) is 12.8 Å². The van der Waals surface area contributed by atoms with E-state index in [1.54, 1.807) is 13.2 Å². The molecule has 2 aromatic carbocycles. The molecule has 2 N–H and O–H groups in total. The fourth-order valence-corrected chi connectivity index (χ4v) is 2.14. The summed E-state index contributed by atoms with van der Waals surface area (Å²) in [6, 6.07) is 9.39. The number of nitrogen functional groups attached to an aromatic ring is 1. The van der Waals surface area contributed by atoms with Gasteiger partial charge in [-0.2, -0.15) is 0 Å². The summed E-state index contributed by atoms with van der Waals surface area (Å²) in [6.07, 6.45) is 0. The van der Waals surface area contributed by atoms with Crippen LogP contribution in [-0.2, 0) is 6.61 Å². The second kappa shape index (κ2) is 6.06. The minimum atomic E-state index is 0.421. The largest absolute Gasteiger partial charge is 0.496 e. The fraction of sp³-hybridized carbons (Fsp3) is 0.250. The zero-order chi connectivity index (χ0) is 14.7. The number of aryl methyl sites for hydroxylation is 2. The van der Waals surface area contributed by atoms with Crippen LogP contribution in [0.25, 0.3) is 0 Å². The summed E-state index contributed by atoms with van der Waals surface area (Å²) in [7, 11) is 1.62. The van der Waals surface area contributed by atoms with Crippen molar-refractivity contribution < 1.29 is 9.47 Å². The van der Waals surface area contributed by atoms with E-state index in [2.05, 4.69) is 0 Å². The van der Waals surface area contributed by atoms with E-state index in [9.17, 15) is 0 Å². The van der Waals surface area contributed by atoms with Crippen molar-refractivity contribution in [1.29, 1.82) is 0 Å². The molecule has 0 aromatic heterocycles. The van der Waals surface area contributed by atoms with Crippen LogP contribution in [0, 0.1) is 13.8 Å². The van der Waals surface area contributed by atoms with Crippen molar-refractivity contribution >= 4 is 17.3 Å². The molecular formula is C16H18ClNO2. The second-order valence-corrected chi connectivity index (χ2v) is 5.11. The summed E-state index contributed by atoms with van der Waals surface area (Å²) in [6.45, 7) is 4.35. The van der Waals surface area contributed by atoms with Crippen LogP contribution in [-0.4, -0.2) is 7.11 Å². The van der Waals surface area contributed by atoms with Crippen LogP contribution in [0.3, 0.4) is 0 Å². The molecule has 0 aliphatic carbocycles. The van der Waals surface area contributed by atoms with E-state index in [4.69, 9.17) is 26.8 Å². The summed E-state index contributed by atoms with van der Waals surface area (Å²) in [5.41, 5.74) is 9.36. The number of hydrogen-bond donors (Lipinski definition) is 1. The first-order chi connectivity index (χ1) is 9.51. The van der Waals surface area contributed by atoms with Gasteiger partial charge in [0.15, 0.2) is 0 Å². The number of anilines is 1. The summed E-state index contributed by atoms with van der Waals surface area (Å²) in [4.78, 5) is 0. The van der Waals surface area contributed by atoms with Crippen LogP contribution in [0.4, 0.5) is 5.69 Å². The number of hydrogen-bond acceptors (Lipinski definition) is 3. The Bertz CT molecular complexity index is 603. The number of rotatable bonds is 4. The number of benzene rings is 2. The molecule has 3 nitrogen and oxygen atoms in total. The van der Waals surface area contributed by atoms with Gasteiger partial charge in [-0.05, 0) is 49.2 Å². The van der Waals surface area contributed by atoms with E-state index in [1.165, 1.54) is 0 Å². The normalized spacial score (nSPS) is 10.4. The van der Waals surface area contributed by atoms with Crippen molar-refractivity contribution in [3.63, 3.8) is 0 Å². The zero-order valence-corrected chi connectivity index (χ0v) is 12.6. The van der Waals surface area contributed by atoms with Gasteiger partial charge in [-0.1, -0.05) is 11.6 Å². The van der Waals surface area contributed by atoms with Gasteiger partial charge in [0.25, 0.3) is 0 Å². The van der Waals surface area contributed by atoms with Crippen LogP contribution in [0.2, 0.25) is 5.02 Å². The van der Waals surface area contributed by atoms with E-state index in [1.807, 2.05) is 38.1 Å². The smallest absolute Gasteiger partial charge is 0.127 e. The maximum Gasteiger partial charge on any atom is 0.127 e. The highest BCUT2D eigenvalue weighted by Crippen LogP contribution is 2.28. The van der Waals surface area contributed by atoms with Gasteiger partial charge in [0.05, 0.1) is 7.11 Å². The molecule has 0 amide bonds. The van der Waals surface area contributed by atoms with Crippen LogP contribution in [0.15, 0.2) is 30.3 Å². The number of ether oxygens (including phenoxy) is 2. The molecule has 0 fully saturated rings. The topological polar surface area (TPSA) is 44.5 Å². The predicted octanol–water partition coefficient (Wildman–Crippen LogP) is 4.13. The Kier molecular flexibility index (Phi) is 4.40. The molecule has 0 radical (unpaired) electrons. The third-order valence-electron chi connectivity index (χ3n) is 3.12. The maximum atomic E-state index is 6.14. The van der Waals surface area contributed by atoms with Gasteiger partial charge in [-0.15, -0.1) is 0 Å². The highest BCUT2D eigenvalue weighted by molar-refractivity contribution is 6.32. The van der Waals surface area contributed by atoms with Gasteiger partial charge < -0.3 is 15.2 Å². The molecule has 0 atom stereocenters. The summed E-state index contributed by atoms with van der Waals surface area (Å²) in [5.74, 6) is 1.52. The number of methoxy groups -OCH3 is 1. The zero-order valence-electron chi connectivity index (χ0n) is 11.9. The van der Waals surface area contributed by atoms with Gasteiger partial charge in [0.2, 0.25) is 0 Å². The van der Waals surface area contributed by atoms with Gasteiger partial charge in [-0.3, -0.25) is 0 Å². The van der Waals surface area contributed by atoms with Crippen molar-refractivity contribution in [1.82, 2.24) is 0 Å². The van der Waals surface area contributed by atoms with E-state index < -0.39 is 0 Å². The molecule has 0 saturated carbocycles. The lowest BCUT2D eigenvalue weighted by Crippen LogP contribution is -2.00.